The van der Waals surface area contributed by atoms with Gasteiger partial charge in [-0.2, -0.15) is 0 Å². The molecule has 1 N–H and O–H groups in total. The summed E-state index contributed by atoms with van der Waals surface area (Å²) in [6, 6.07) is 87.8. The number of aromatic nitrogens is 5. The SMILES string of the molecule is CC(=O)C=C(C)O.Cc1cc[c-]c(-c2cccc(C)n2)c1.Cc1cc[c-]c(-c2cccc(C)n2)c1.Cc1cccc(-c2[c-]ccc(-c3ccccc3)c2)n1.Cc1cccc(-c2cccc(C)n2)c1.O=CO[O-].[H-].[Ir].[Ir].[Ir].[K+].[K+].[c-]1ccccc1-c1ccccn1. The molecule has 5 aromatic heterocycles. The van der Waals surface area contributed by atoms with Crippen LogP contribution in [0.25, 0.3) is 67.4 Å². The van der Waals surface area contributed by atoms with Crippen LogP contribution in [0.1, 0.15) is 54.7 Å². The van der Waals surface area contributed by atoms with Crippen molar-refractivity contribution in [3.05, 3.63) is 306 Å². The van der Waals surface area contributed by atoms with Crippen LogP contribution in [0.4, 0.5) is 0 Å². The number of aliphatic hydroxyl groups is 1. The number of aliphatic hydroxyl groups excluding tert-OH is 1. The fraction of sp³-hybridized carbons (Fsp3) is 0.122. The zero-order chi connectivity index (χ0) is 60.5. The number of carbonyl (C=O) groups excluding carboxylic acids is 2. The number of nitrogens with zero attached hydrogens (tertiary/aromatic N) is 5. The number of aryl methyl sites for hydroxylation is 7. The normalized spacial score (nSPS) is 9.44. The summed E-state index contributed by atoms with van der Waals surface area (Å²) in [6.07, 6.45) is 2.95. The van der Waals surface area contributed by atoms with E-state index in [9.17, 15) is 4.79 Å². The van der Waals surface area contributed by atoms with Crippen molar-refractivity contribution >= 4 is 12.3 Å². The van der Waals surface area contributed by atoms with Crippen molar-refractivity contribution in [2.75, 3.05) is 0 Å². The molecule has 15 heteroatoms. The van der Waals surface area contributed by atoms with Crippen LogP contribution in [-0.2, 0) is 74.8 Å². The molecule has 0 unspecified atom stereocenters. The topological polar surface area (TPSA) is 151 Å². The second-order valence-corrected chi connectivity index (χ2v) is 19.0. The van der Waals surface area contributed by atoms with Gasteiger partial charge in [-0.3, -0.25) is 14.6 Å². The van der Waals surface area contributed by atoms with Gasteiger partial charge in [-0.25, -0.2) is 0 Å². The monoisotopic (exact) mass is 1760 g/mol. The van der Waals surface area contributed by atoms with E-state index < -0.39 is 0 Å². The van der Waals surface area contributed by atoms with Crippen molar-refractivity contribution in [3.8, 4) is 67.4 Å². The Hall–Kier alpha value is -5.07. The maximum Gasteiger partial charge on any atom is 1.00 e. The number of hydrogen-bond donors (Lipinski definition) is 1. The number of ketones is 1. The van der Waals surface area contributed by atoms with E-state index in [4.69, 9.17) is 15.2 Å². The molecule has 5 heterocycles. The Kier molecular flexibility index (Phi) is 45.1. The Bertz CT molecular complexity index is 3440. The number of carbonyl (C=O) groups is 2. The summed E-state index contributed by atoms with van der Waals surface area (Å²) in [5.41, 5.74) is 20.7. The third kappa shape index (κ3) is 33.2. The fourth-order valence-electron chi connectivity index (χ4n) is 7.84. The van der Waals surface area contributed by atoms with Crippen LogP contribution in [0.2, 0.25) is 0 Å². The number of rotatable bonds is 8. The molecule has 11 aromatic rings. The maximum absolute atomic E-state index is 10.0. The van der Waals surface area contributed by atoms with Gasteiger partial charge in [0.2, 0.25) is 0 Å². The van der Waals surface area contributed by atoms with E-state index in [1.807, 2.05) is 179 Å². The summed E-state index contributed by atoms with van der Waals surface area (Å²) in [4.78, 5) is 43.4. The summed E-state index contributed by atoms with van der Waals surface area (Å²) in [6.45, 7) is 16.9. The molecular formula is C74H69Ir3K2N5O5-4. The third-order valence-electron chi connectivity index (χ3n) is 11.6. The Morgan fingerprint density at radius 3 is 1.21 bits per heavy atom. The fourth-order valence-corrected chi connectivity index (χ4v) is 7.84. The van der Waals surface area contributed by atoms with Crippen LogP contribution in [0.15, 0.2) is 242 Å². The van der Waals surface area contributed by atoms with Crippen LogP contribution in [-0.4, -0.2) is 42.3 Å². The predicted molar refractivity (Wildman–Crippen MR) is 338 cm³/mol. The Balaban J connectivity index is 0. The standard InChI is InChI=1S/C18H14N.C13H13N.2C13H12N.C11H8N.C5H8O2.CH2O3.3Ir.2K.H/c1-14-7-5-12-18(19-14)17-11-6-10-16(13-17)15-8-3-2-4-9-15;3*1-10-5-3-7-12(9-10)13-8-4-6-11(2)14-13;1-2-6-10(7-3-1)11-8-4-5-9-12-11;1-4(6)3-5(2)7;2-1-4-3;;;;;;/h2-10,12-13H,1H3;3-9H,1-2H3;2*3-6,8-9H,1-2H3;1-6,8-9H;3,6H,1-2H3;1,3H;;;;;;/q-1;;3*-1;;;;;;2*+1;-1/p-1. The van der Waals surface area contributed by atoms with Crippen molar-refractivity contribution in [3.63, 3.8) is 0 Å². The molecule has 89 heavy (non-hydrogen) atoms. The molecule has 11 rings (SSSR count). The zero-order valence-electron chi connectivity index (χ0n) is 52.9. The smallest absolute Gasteiger partial charge is 1.00 e. The van der Waals surface area contributed by atoms with E-state index in [-0.39, 0.29) is 183 Å². The van der Waals surface area contributed by atoms with Crippen molar-refractivity contribution in [1.29, 1.82) is 0 Å². The molecule has 10 nitrogen and oxygen atoms in total. The average Bonchev–Trinajstić information content (AvgIpc) is 1.74. The van der Waals surface area contributed by atoms with E-state index >= 15 is 0 Å². The van der Waals surface area contributed by atoms with Crippen LogP contribution < -0.4 is 108 Å². The quantitative estimate of drug-likeness (QED) is 0.0296. The number of benzene rings is 6. The first kappa shape index (κ1) is 83.9. The van der Waals surface area contributed by atoms with Gasteiger partial charge in [0.1, 0.15) is 0 Å². The summed E-state index contributed by atoms with van der Waals surface area (Å²) in [5, 5.41) is 16.8. The van der Waals surface area contributed by atoms with Gasteiger partial charge in [-0.05, 0) is 119 Å². The predicted octanol–water partition coefficient (Wildman–Crippen LogP) is 10.4. The third-order valence-corrected chi connectivity index (χ3v) is 11.6. The number of allylic oxidation sites excluding steroid dienone is 2. The molecule has 0 atom stereocenters. The second-order valence-electron chi connectivity index (χ2n) is 19.0. The van der Waals surface area contributed by atoms with Gasteiger partial charge in [0.15, 0.2) is 5.78 Å². The van der Waals surface area contributed by atoms with Crippen molar-refractivity contribution in [2.45, 2.75) is 62.3 Å². The van der Waals surface area contributed by atoms with E-state index in [1.54, 1.807) is 6.20 Å². The molecule has 0 spiro atoms. The number of pyridine rings is 5. The van der Waals surface area contributed by atoms with E-state index in [2.05, 4.69) is 148 Å². The second kappa shape index (κ2) is 47.8. The molecule has 0 aliphatic rings. The zero-order valence-corrected chi connectivity index (χ0v) is 65.3. The van der Waals surface area contributed by atoms with Crippen LogP contribution in [0, 0.1) is 72.7 Å². The molecule has 0 amide bonds. The maximum atomic E-state index is 10.0. The van der Waals surface area contributed by atoms with Crippen molar-refractivity contribution in [2.24, 2.45) is 0 Å². The molecule has 0 bridgehead atoms. The molecule has 0 saturated heterocycles. The van der Waals surface area contributed by atoms with Crippen molar-refractivity contribution in [1.82, 2.24) is 24.9 Å². The Morgan fingerprint density at radius 2 is 0.820 bits per heavy atom. The molecular weight excluding hydrogens is 1690 g/mol. The molecule has 0 fully saturated rings. The van der Waals surface area contributed by atoms with Crippen LogP contribution >= 0.6 is 0 Å². The summed E-state index contributed by atoms with van der Waals surface area (Å²) in [7, 11) is 0. The molecule has 0 aliphatic heterocycles. The molecule has 6 aromatic carbocycles. The summed E-state index contributed by atoms with van der Waals surface area (Å²) in [5.74, 6) is -0.0625. The van der Waals surface area contributed by atoms with Gasteiger partial charge in [-0.15, -0.1) is 142 Å². The largest absolute Gasteiger partial charge is 1.00 e. The first-order valence-corrected chi connectivity index (χ1v) is 27.0. The van der Waals surface area contributed by atoms with Gasteiger partial charge in [0.25, 0.3) is 6.47 Å². The Morgan fingerprint density at radius 1 is 0.427 bits per heavy atom. The van der Waals surface area contributed by atoms with Gasteiger partial charge in [0.05, 0.1) is 11.5 Å². The van der Waals surface area contributed by atoms with Crippen LogP contribution in [0.5, 0.6) is 0 Å². The molecule has 453 valence electrons. The van der Waals surface area contributed by atoms with Gasteiger partial charge in [0, 0.05) is 101 Å². The average molecular weight is 1760 g/mol. The minimum Gasteiger partial charge on any atom is -1.00 e. The van der Waals surface area contributed by atoms with Crippen LogP contribution in [0.3, 0.4) is 0 Å². The molecule has 0 saturated carbocycles. The minimum absolute atomic E-state index is 0. The molecule has 3 radical (unpaired) electrons. The van der Waals surface area contributed by atoms with Crippen molar-refractivity contribution < 1.29 is 189 Å². The summed E-state index contributed by atoms with van der Waals surface area (Å²) >= 11 is 0. The first-order chi connectivity index (χ1) is 40.6. The minimum atomic E-state index is -0.181. The van der Waals surface area contributed by atoms with E-state index in [0.29, 0.717) is 0 Å². The van der Waals surface area contributed by atoms with Gasteiger partial charge < -0.3 is 36.6 Å². The summed E-state index contributed by atoms with van der Waals surface area (Å²) < 4.78 is 0. The van der Waals surface area contributed by atoms with Gasteiger partial charge >= 0.3 is 103 Å². The Labute approximate surface area is 653 Å². The van der Waals surface area contributed by atoms with E-state index in [0.717, 1.165) is 73.5 Å². The van der Waals surface area contributed by atoms with E-state index in [1.165, 1.54) is 53.3 Å². The van der Waals surface area contributed by atoms with Gasteiger partial charge in [-0.1, -0.05) is 123 Å². The first-order valence-electron chi connectivity index (χ1n) is 27.0. The number of hydrogen-bond acceptors (Lipinski definition) is 10. The molecule has 0 aliphatic carbocycles.